The fourth-order valence-electron chi connectivity index (χ4n) is 3.40. The molecule has 0 saturated heterocycles. The summed E-state index contributed by atoms with van der Waals surface area (Å²) in [4.78, 5) is 8.70. The van der Waals surface area contributed by atoms with Gasteiger partial charge in [0.15, 0.2) is 0 Å². The second-order valence-corrected chi connectivity index (χ2v) is 6.41. The molecule has 0 atom stereocenters. The lowest BCUT2D eigenvalue weighted by Crippen LogP contribution is -2.02. The van der Waals surface area contributed by atoms with E-state index < -0.39 is 0 Å². The number of nitrogens with zero attached hydrogens (tertiary/aromatic N) is 4. The average molecular weight is 369 g/mol. The zero-order valence-corrected chi connectivity index (χ0v) is 15.5. The first-order valence-electron chi connectivity index (χ1n) is 8.91. The van der Waals surface area contributed by atoms with Crippen molar-refractivity contribution < 1.29 is 4.74 Å². The van der Waals surface area contributed by atoms with Crippen LogP contribution in [0.2, 0.25) is 0 Å². The van der Waals surface area contributed by atoms with Crippen molar-refractivity contribution in [1.29, 1.82) is 5.26 Å². The van der Waals surface area contributed by atoms with Gasteiger partial charge in [-0.1, -0.05) is 24.3 Å². The normalized spacial score (nSPS) is 10.9. The van der Waals surface area contributed by atoms with E-state index in [0.29, 0.717) is 12.2 Å². The summed E-state index contributed by atoms with van der Waals surface area (Å²) in [6, 6.07) is 16.0. The number of aromatic nitrogens is 3. The maximum absolute atomic E-state index is 9.59. The SMILES string of the molecule is COCCn1cc(-c2cc(-c3cccnc3)c(C#N)c(N)n2)c2ccccc21. The van der Waals surface area contributed by atoms with Gasteiger partial charge in [0.05, 0.1) is 12.3 Å². The van der Waals surface area contributed by atoms with E-state index in [1.165, 1.54) is 0 Å². The molecule has 4 aromatic rings. The Bertz CT molecular complexity index is 1170. The zero-order chi connectivity index (χ0) is 19.5. The first kappa shape index (κ1) is 17.7. The number of nitrogens with two attached hydrogens (primary N) is 1. The molecule has 0 unspecified atom stereocenters. The van der Waals surface area contributed by atoms with E-state index in [4.69, 9.17) is 10.5 Å². The summed E-state index contributed by atoms with van der Waals surface area (Å²) in [5.41, 5.74) is 10.9. The van der Waals surface area contributed by atoms with Gasteiger partial charge in [-0.15, -0.1) is 0 Å². The highest BCUT2D eigenvalue weighted by Crippen LogP contribution is 2.34. The molecule has 4 rings (SSSR count). The van der Waals surface area contributed by atoms with Crippen LogP contribution in [-0.4, -0.2) is 28.3 Å². The van der Waals surface area contributed by atoms with Crippen LogP contribution in [-0.2, 0) is 11.3 Å². The summed E-state index contributed by atoms with van der Waals surface area (Å²) in [7, 11) is 1.69. The van der Waals surface area contributed by atoms with Crippen LogP contribution in [0.25, 0.3) is 33.3 Å². The van der Waals surface area contributed by atoms with Crippen LogP contribution >= 0.6 is 0 Å². The number of hydrogen-bond acceptors (Lipinski definition) is 5. The Balaban J connectivity index is 1.93. The van der Waals surface area contributed by atoms with Crippen LogP contribution < -0.4 is 5.73 Å². The highest BCUT2D eigenvalue weighted by atomic mass is 16.5. The number of nitrogen functional groups attached to an aromatic ring is 1. The van der Waals surface area contributed by atoms with Crippen LogP contribution in [0.3, 0.4) is 0 Å². The van der Waals surface area contributed by atoms with E-state index in [9.17, 15) is 5.26 Å². The lowest BCUT2D eigenvalue weighted by molar-refractivity contribution is 0.188. The minimum absolute atomic E-state index is 0.215. The molecular weight excluding hydrogens is 350 g/mol. The topological polar surface area (TPSA) is 89.8 Å². The maximum atomic E-state index is 9.59. The van der Waals surface area contributed by atoms with Gasteiger partial charge in [-0.05, 0) is 18.2 Å². The minimum Gasteiger partial charge on any atom is -0.383 e. The average Bonchev–Trinajstić information content (AvgIpc) is 3.11. The lowest BCUT2D eigenvalue weighted by atomic mass is 9.99. The van der Waals surface area contributed by atoms with Gasteiger partial charge in [0.2, 0.25) is 0 Å². The van der Waals surface area contributed by atoms with Crippen LogP contribution in [0.15, 0.2) is 61.1 Å². The predicted octanol–water partition coefficient (Wildman–Crippen LogP) is 3.87. The van der Waals surface area contributed by atoms with Gasteiger partial charge in [-0.3, -0.25) is 4.98 Å². The first-order valence-corrected chi connectivity index (χ1v) is 8.91. The van der Waals surface area contributed by atoms with Crippen LogP contribution in [0.4, 0.5) is 5.82 Å². The van der Waals surface area contributed by atoms with E-state index in [1.807, 2.05) is 30.3 Å². The highest BCUT2D eigenvalue weighted by Gasteiger charge is 2.17. The smallest absolute Gasteiger partial charge is 0.142 e. The Morgan fingerprint density at radius 1 is 1.18 bits per heavy atom. The third-order valence-corrected chi connectivity index (χ3v) is 4.73. The quantitative estimate of drug-likeness (QED) is 0.577. The van der Waals surface area contributed by atoms with Crippen molar-refractivity contribution in [3.8, 4) is 28.5 Å². The third kappa shape index (κ3) is 3.08. The summed E-state index contributed by atoms with van der Waals surface area (Å²) in [6.07, 6.45) is 5.48. The third-order valence-electron chi connectivity index (χ3n) is 4.73. The van der Waals surface area contributed by atoms with Gasteiger partial charge < -0.3 is 15.0 Å². The Morgan fingerprint density at radius 3 is 2.79 bits per heavy atom. The van der Waals surface area contributed by atoms with Crippen molar-refractivity contribution in [2.24, 2.45) is 0 Å². The van der Waals surface area contributed by atoms with Crippen LogP contribution in [0, 0.1) is 11.3 Å². The van der Waals surface area contributed by atoms with Gasteiger partial charge in [0.25, 0.3) is 0 Å². The van der Waals surface area contributed by atoms with Gasteiger partial charge in [0, 0.05) is 59.8 Å². The predicted molar refractivity (Wildman–Crippen MR) is 109 cm³/mol. The van der Waals surface area contributed by atoms with E-state index in [-0.39, 0.29) is 5.82 Å². The number of ether oxygens (including phenoxy) is 1. The summed E-state index contributed by atoms with van der Waals surface area (Å²) in [6.45, 7) is 1.35. The van der Waals surface area contributed by atoms with E-state index in [1.54, 1.807) is 19.5 Å². The molecule has 0 bridgehead atoms. The second-order valence-electron chi connectivity index (χ2n) is 6.41. The number of para-hydroxylation sites is 1. The number of rotatable bonds is 5. The summed E-state index contributed by atoms with van der Waals surface area (Å²) < 4.78 is 7.38. The lowest BCUT2D eigenvalue weighted by Gasteiger charge is -2.09. The molecule has 0 amide bonds. The summed E-state index contributed by atoms with van der Waals surface area (Å²) in [5.74, 6) is 0.215. The molecule has 3 heterocycles. The molecule has 0 saturated carbocycles. The summed E-state index contributed by atoms with van der Waals surface area (Å²) in [5, 5.41) is 10.7. The van der Waals surface area contributed by atoms with Crippen molar-refractivity contribution >= 4 is 16.7 Å². The van der Waals surface area contributed by atoms with Crippen molar-refractivity contribution in [3.05, 3.63) is 66.6 Å². The number of benzene rings is 1. The number of anilines is 1. The fraction of sp³-hybridized carbons (Fsp3) is 0.136. The monoisotopic (exact) mass is 369 g/mol. The first-order chi connectivity index (χ1) is 13.7. The molecule has 28 heavy (non-hydrogen) atoms. The van der Waals surface area contributed by atoms with Crippen molar-refractivity contribution in [2.75, 3.05) is 19.5 Å². The largest absolute Gasteiger partial charge is 0.383 e. The standard InChI is InChI=1S/C22H19N5O/c1-28-10-9-27-14-19(16-6-2-3-7-21(16)27)20-11-17(15-5-4-8-25-13-15)18(12-23)22(24)26-20/h2-8,11,13-14H,9-10H2,1H3,(H2,24,26). The zero-order valence-electron chi connectivity index (χ0n) is 15.5. The maximum Gasteiger partial charge on any atom is 0.142 e. The Morgan fingerprint density at radius 2 is 2.04 bits per heavy atom. The minimum atomic E-state index is 0.215. The van der Waals surface area contributed by atoms with E-state index in [0.717, 1.165) is 39.8 Å². The molecule has 0 aliphatic rings. The molecule has 6 heteroatoms. The van der Waals surface area contributed by atoms with E-state index in [2.05, 4.69) is 38.9 Å². The Hall–Kier alpha value is -3.69. The van der Waals surface area contributed by atoms with Crippen LogP contribution in [0.5, 0.6) is 0 Å². The van der Waals surface area contributed by atoms with Gasteiger partial charge in [0.1, 0.15) is 17.5 Å². The summed E-state index contributed by atoms with van der Waals surface area (Å²) >= 11 is 0. The molecule has 0 fully saturated rings. The molecule has 1 aromatic carbocycles. The highest BCUT2D eigenvalue weighted by molar-refractivity contribution is 5.96. The van der Waals surface area contributed by atoms with Crippen LogP contribution in [0.1, 0.15) is 5.56 Å². The number of pyridine rings is 2. The molecule has 0 spiro atoms. The molecule has 0 aliphatic heterocycles. The Labute approximate surface area is 162 Å². The van der Waals surface area contributed by atoms with Crippen molar-refractivity contribution in [1.82, 2.24) is 14.5 Å². The van der Waals surface area contributed by atoms with Crippen molar-refractivity contribution in [2.45, 2.75) is 6.54 Å². The molecule has 0 radical (unpaired) electrons. The fourth-order valence-corrected chi connectivity index (χ4v) is 3.40. The molecule has 0 aliphatic carbocycles. The molecule has 6 nitrogen and oxygen atoms in total. The number of hydrogen-bond donors (Lipinski definition) is 1. The van der Waals surface area contributed by atoms with Gasteiger partial charge in [-0.2, -0.15) is 5.26 Å². The van der Waals surface area contributed by atoms with Gasteiger partial charge >= 0.3 is 0 Å². The van der Waals surface area contributed by atoms with Crippen molar-refractivity contribution in [3.63, 3.8) is 0 Å². The molecule has 3 aromatic heterocycles. The molecular formula is C22H19N5O. The molecule has 138 valence electrons. The van der Waals surface area contributed by atoms with Gasteiger partial charge in [-0.25, -0.2) is 4.98 Å². The second kappa shape index (κ2) is 7.51. The number of methoxy groups -OCH3 is 1. The van der Waals surface area contributed by atoms with E-state index >= 15 is 0 Å². The number of fused-ring (bicyclic) bond motifs is 1. The number of nitriles is 1. The molecule has 2 N–H and O–H groups in total. The Kier molecular flexibility index (Phi) is 4.75.